The van der Waals surface area contributed by atoms with E-state index in [-0.39, 0.29) is 10.6 Å². The van der Waals surface area contributed by atoms with Crippen LogP contribution in [-0.2, 0) is 5.88 Å². The Balaban J connectivity index is 3.20. The lowest BCUT2D eigenvalue weighted by Gasteiger charge is -2.09. The molecule has 1 unspecified atom stereocenters. The van der Waals surface area contributed by atoms with Gasteiger partial charge >= 0.3 is 0 Å². The second-order valence-electron chi connectivity index (χ2n) is 2.88. The van der Waals surface area contributed by atoms with E-state index in [0.29, 0.717) is 11.4 Å². The Bertz CT molecular complexity index is 350. The summed E-state index contributed by atoms with van der Waals surface area (Å²) in [4.78, 5) is 11.6. The maximum absolute atomic E-state index is 11.8. The van der Waals surface area contributed by atoms with Crippen LogP contribution in [0.1, 0.15) is 22.8 Å². The molecule has 0 bridgehead atoms. The number of alkyl halides is 2. The molecule has 1 aromatic carbocycles. The van der Waals surface area contributed by atoms with E-state index in [9.17, 15) is 4.79 Å². The minimum absolute atomic E-state index is 0.0574. The molecule has 0 heterocycles. The minimum Gasteiger partial charge on any atom is -0.293 e. The zero-order chi connectivity index (χ0) is 10.7. The molecule has 76 valence electrons. The Labute approximate surface area is 105 Å². The lowest BCUT2D eigenvalue weighted by atomic mass is 10.0. The number of Topliss-reactive ketones (excluding diaryl/α,β-unsaturated/α-hetero) is 1. The van der Waals surface area contributed by atoms with Crippen molar-refractivity contribution in [3.05, 3.63) is 33.8 Å². The first-order chi connectivity index (χ1) is 6.57. The van der Waals surface area contributed by atoms with Crippen molar-refractivity contribution in [1.29, 1.82) is 0 Å². The van der Waals surface area contributed by atoms with Crippen LogP contribution in [0.25, 0.3) is 0 Å². The highest BCUT2D eigenvalue weighted by Crippen LogP contribution is 2.24. The van der Waals surface area contributed by atoms with Crippen molar-refractivity contribution >= 4 is 49.2 Å². The number of halogens is 3. The van der Waals surface area contributed by atoms with Crippen LogP contribution in [0.4, 0.5) is 0 Å². The standard InChI is InChI=1S/C10H9Br2ClO/c1-6(11)10(14)7-3-2-4-9(12)8(7)5-13/h2-4,6H,5H2,1H3. The van der Waals surface area contributed by atoms with E-state index in [0.717, 1.165) is 10.0 Å². The van der Waals surface area contributed by atoms with Gasteiger partial charge in [-0.3, -0.25) is 4.79 Å². The molecule has 0 saturated carbocycles. The molecule has 0 amide bonds. The van der Waals surface area contributed by atoms with Gasteiger partial charge in [0.2, 0.25) is 0 Å². The van der Waals surface area contributed by atoms with Gasteiger partial charge in [-0.15, -0.1) is 11.6 Å². The second-order valence-corrected chi connectivity index (χ2v) is 5.37. The number of carbonyl (C=O) groups excluding carboxylic acids is 1. The molecule has 4 heteroatoms. The molecule has 1 nitrogen and oxygen atoms in total. The van der Waals surface area contributed by atoms with Gasteiger partial charge in [0.1, 0.15) is 0 Å². The average Bonchev–Trinajstić information content (AvgIpc) is 2.16. The number of ketones is 1. The third-order valence-electron chi connectivity index (χ3n) is 1.88. The molecule has 0 spiro atoms. The number of carbonyl (C=O) groups is 1. The van der Waals surface area contributed by atoms with Crippen molar-refractivity contribution in [3.8, 4) is 0 Å². The van der Waals surface area contributed by atoms with Crippen LogP contribution in [0.2, 0.25) is 0 Å². The van der Waals surface area contributed by atoms with E-state index in [1.54, 1.807) is 13.0 Å². The fraction of sp³-hybridized carbons (Fsp3) is 0.300. The molecule has 0 aromatic heterocycles. The third-order valence-corrected chi connectivity index (χ3v) is 3.31. The summed E-state index contributed by atoms with van der Waals surface area (Å²) < 4.78 is 0.881. The largest absolute Gasteiger partial charge is 0.293 e. The Morgan fingerprint density at radius 1 is 1.57 bits per heavy atom. The highest BCUT2D eigenvalue weighted by atomic mass is 79.9. The lowest BCUT2D eigenvalue weighted by Crippen LogP contribution is -2.12. The Hall–Kier alpha value is 0.140. The zero-order valence-electron chi connectivity index (χ0n) is 7.56. The molecule has 0 aliphatic rings. The maximum atomic E-state index is 11.8. The van der Waals surface area contributed by atoms with E-state index < -0.39 is 0 Å². The van der Waals surface area contributed by atoms with Crippen LogP contribution in [0.5, 0.6) is 0 Å². The SMILES string of the molecule is CC(Br)C(=O)c1cccc(Br)c1CCl. The normalized spacial score (nSPS) is 12.6. The molecule has 14 heavy (non-hydrogen) atoms. The second kappa shape index (κ2) is 5.29. The fourth-order valence-electron chi connectivity index (χ4n) is 1.14. The van der Waals surface area contributed by atoms with Crippen molar-refractivity contribution in [2.24, 2.45) is 0 Å². The minimum atomic E-state index is -0.182. The highest BCUT2D eigenvalue weighted by Gasteiger charge is 2.16. The summed E-state index contributed by atoms with van der Waals surface area (Å²) in [5, 5.41) is 0. The van der Waals surface area contributed by atoms with Crippen molar-refractivity contribution in [1.82, 2.24) is 0 Å². The van der Waals surface area contributed by atoms with Gasteiger partial charge in [-0.05, 0) is 18.6 Å². The number of hydrogen-bond donors (Lipinski definition) is 0. The lowest BCUT2D eigenvalue weighted by molar-refractivity contribution is 0.0995. The van der Waals surface area contributed by atoms with E-state index in [2.05, 4.69) is 31.9 Å². The van der Waals surface area contributed by atoms with Crippen LogP contribution in [0, 0.1) is 0 Å². The van der Waals surface area contributed by atoms with Crippen LogP contribution < -0.4 is 0 Å². The van der Waals surface area contributed by atoms with Crippen molar-refractivity contribution < 1.29 is 4.79 Å². The summed E-state index contributed by atoms with van der Waals surface area (Å²) in [6.45, 7) is 1.81. The van der Waals surface area contributed by atoms with Gasteiger partial charge in [0, 0.05) is 15.9 Å². The van der Waals surface area contributed by atoms with Crippen molar-refractivity contribution in [3.63, 3.8) is 0 Å². The van der Waals surface area contributed by atoms with Gasteiger partial charge in [-0.1, -0.05) is 44.0 Å². The van der Waals surface area contributed by atoms with Crippen molar-refractivity contribution in [2.75, 3.05) is 0 Å². The summed E-state index contributed by atoms with van der Waals surface area (Å²) in [6, 6.07) is 5.51. The van der Waals surface area contributed by atoms with E-state index in [4.69, 9.17) is 11.6 Å². The highest BCUT2D eigenvalue weighted by molar-refractivity contribution is 9.10. The molecular formula is C10H9Br2ClO. The summed E-state index contributed by atoms with van der Waals surface area (Å²) in [6.07, 6.45) is 0. The first kappa shape index (κ1) is 12.2. The molecule has 0 radical (unpaired) electrons. The number of rotatable bonds is 3. The van der Waals surface area contributed by atoms with Crippen LogP contribution >= 0.6 is 43.5 Å². The van der Waals surface area contributed by atoms with Gasteiger partial charge in [-0.2, -0.15) is 0 Å². The quantitative estimate of drug-likeness (QED) is 0.597. The van der Waals surface area contributed by atoms with Gasteiger partial charge in [0.05, 0.1) is 4.83 Å². The van der Waals surface area contributed by atoms with E-state index in [1.165, 1.54) is 0 Å². The summed E-state index contributed by atoms with van der Waals surface area (Å²) in [5.74, 6) is 0.393. The van der Waals surface area contributed by atoms with Crippen molar-refractivity contribution in [2.45, 2.75) is 17.6 Å². The van der Waals surface area contributed by atoms with E-state index >= 15 is 0 Å². The zero-order valence-corrected chi connectivity index (χ0v) is 11.5. The fourth-order valence-corrected chi connectivity index (χ4v) is 2.34. The van der Waals surface area contributed by atoms with Gasteiger partial charge < -0.3 is 0 Å². The number of benzene rings is 1. The number of hydrogen-bond acceptors (Lipinski definition) is 1. The smallest absolute Gasteiger partial charge is 0.176 e. The predicted molar refractivity (Wildman–Crippen MR) is 66.4 cm³/mol. The molecule has 0 fully saturated rings. The topological polar surface area (TPSA) is 17.1 Å². The molecule has 0 aliphatic heterocycles. The summed E-state index contributed by atoms with van der Waals surface area (Å²) in [5.41, 5.74) is 1.53. The molecule has 1 rings (SSSR count). The predicted octanol–water partition coefficient (Wildman–Crippen LogP) is 4.15. The first-order valence-corrected chi connectivity index (χ1v) is 6.34. The van der Waals surface area contributed by atoms with E-state index in [1.807, 2.05) is 12.1 Å². The molecule has 1 atom stereocenters. The molecule has 0 saturated heterocycles. The summed E-state index contributed by atoms with van der Waals surface area (Å²) >= 11 is 12.4. The summed E-state index contributed by atoms with van der Waals surface area (Å²) in [7, 11) is 0. The maximum Gasteiger partial charge on any atom is 0.176 e. The Morgan fingerprint density at radius 2 is 2.21 bits per heavy atom. The van der Waals surface area contributed by atoms with Crippen LogP contribution in [0.15, 0.2) is 22.7 Å². The molecule has 0 N–H and O–H groups in total. The monoisotopic (exact) mass is 338 g/mol. The van der Waals surface area contributed by atoms with Crippen LogP contribution in [-0.4, -0.2) is 10.6 Å². The van der Waals surface area contributed by atoms with Gasteiger partial charge in [0.15, 0.2) is 5.78 Å². The van der Waals surface area contributed by atoms with Gasteiger partial charge in [-0.25, -0.2) is 0 Å². The average molecular weight is 340 g/mol. The Morgan fingerprint density at radius 3 is 2.71 bits per heavy atom. The molecular weight excluding hydrogens is 331 g/mol. The van der Waals surface area contributed by atoms with Gasteiger partial charge in [0.25, 0.3) is 0 Å². The third kappa shape index (κ3) is 2.59. The first-order valence-electron chi connectivity index (χ1n) is 4.09. The van der Waals surface area contributed by atoms with Crippen LogP contribution in [0.3, 0.4) is 0 Å². The molecule has 1 aromatic rings. The Kier molecular flexibility index (Phi) is 4.61. The molecule has 0 aliphatic carbocycles.